The van der Waals surface area contributed by atoms with Crippen molar-refractivity contribution < 1.29 is 19.2 Å². The van der Waals surface area contributed by atoms with Crippen molar-refractivity contribution in [1.82, 2.24) is 4.57 Å². The summed E-state index contributed by atoms with van der Waals surface area (Å²) in [5.74, 6) is 0.166. The quantitative estimate of drug-likeness (QED) is 0.109. The van der Waals surface area contributed by atoms with Crippen molar-refractivity contribution >= 4 is 51.7 Å². The van der Waals surface area contributed by atoms with Gasteiger partial charge in [-0.25, -0.2) is 9.79 Å². The summed E-state index contributed by atoms with van der Waals surface area (Å²) in [7, 11) is 0. The first-order chi connectivity index (χ1) is 20.2. The number of benzene rings is 3. The summed E-state index contributed by atoms with van der Waals surface area (Å²) in [5, 5.41) is 10.9. The number of hydrogen-bond acceptors (Lipinski definition) is 8. The number of esters is 1. The zero-order valence-corrected chi connectivity index (χ0v) is 26.0. The average Bonchev–Trinajstić information content (AvgIpc) is 3.26. The summed E-state index contributed by atoms with van der Waals surface area (Å²) in [6.07, 6.45) is 1.81. The second-order valence-electron chi connectivity index (χ2n) is 9.62. The fraction of sp³-hybridized carbons (Fsp3) is 0.194. The van der Waals surface area contributed by atoms with E-state index in [9.17, 15) is 19.7 Å². The van der Waals surface area contributed by atoms with Crippen LogP contribution in [0.1, 0.15) is 42.1 Å². The monoisotopic (exact) mass is 695 g/mol. The van der Waals surface area contributed by atoms with Crippen molar-refractivity contribution in [2.24, 2.45) is 4.99 Å². The minimum absolute atomic E-state index is 0.0282. The number of halogens is 1. The number of nitrogens with zero attached hydrogens (tertiary/aromatic N) is 3. The molecule has 3 aromatic carbocycles. The van der Waals surface area contributed by atoms with E-state index in [0.29, 0.717) is 26.4 Å². The number of carbonyl (C=O) groups is 1. The first-order valence-electron chi connectivity index (χ1n) is 13.1. The molecule has 2 heterocycles. The lowest BCUT2D eigenvalue weighted by Gasteiger charge is -2.24. The van der Waals surface area contributed by atoms with Gasteiger partial charge in [-0.15, -0.1) is 0 Å². The first kappa shape index (κ1) is 29.4. The van der Waals surface area contributed by atoms with Crippen molar-refractivity contribution in [2.45, 2.75) is 33.4 Å². The molecule has 0 N–H and O–H groups in total. The third-order valence-electron chi connectivity index (χ3n) is 6.71. The maximum absolute atomic E-state index is 13.8. The molecule has 9 nitrogen and oxygen atoms in total. The molecule has 11 heteroatoms. The molecular formula is C31H26IN3O6S. The van der Waals surface area contributed by atoms with Gasteiger partial charge in [-0.05, 0) is 90.4 Å². The van der Waals surface area contributed by atoms with Crippen LogP contribution in [-0.4, -0.2) is 22.1 Å². The van der Waals surface area contributed by atoms with Crippen LogP contribution in [0.4, 0.5) is 5.69 Å². The highest BCUT2D eigenvalue weighted by atomic mass is 127. The SMILES string of the molecule is CCOC(=O)C1=C(C)N=c2s/c(=C/c3ccc(OCc4ccc([N+](=O)[O-])cc4)c(I)c3)c(=O)n2[C@H]1c1ccc(C)cc1. The van der Waals surface area contributed by atoms with Crippen molar-refractivity contribution in [2.75, 3.05) is 6.61 Å². The number of ether oxygens (including phenoxy) is 2. The highest BCUT2D eigenvalue weighted by molar-refractivity contribution is 14.1. The van der Waals surface area contributed by atoms with Crippen LogP contribution in [0.15, 0.2) is 87.8 Å². The number of aryl methyl sites for hydroxylation is 1. The zero-order valence-electron chi connectivity index (χ0n) is 23.0. The number of allylic oxidation sites excluding steroid dienone is 1. The van der Waals surface area contributed by atoms with Gasteiger partial charge in [0.2, 0.25) is 0 Å². The number of hydrogen-bond donors (Lipinski definition) is 0. The average molecular weight is 696 g/mol. The molecule has 0 radical (unpaired) electrons. The molecule has 0 aliphatic carbocycles. The summed E-state index contributed by atoms with van der Waals surface area (Å²) in [5.41, 5.74) is 4.14. The Morgan fingerprint density at radius 1 is 1.12 bits per heavy atom. The number of nitro groups is 1. The van der Waals surface area contributed by atoms with Crippen molar-refractivity contribution in [3.05, 3.63) is 134 Å². The second-order valence-corrected chi connectivity index (χ2v) is 11.8. The van der Waals surface area contributed by atoms with Gasteiger partial charge in [-0.2, -0.15) is 0 Å². The van der Waals surface area contributed by atoms with E-state index in [-0.39, 0.29) is 24.5 Å². The first-order valence-corrected chi connectivity index (χ1v) is 15.0. The number of nitro benzene ring substituents is 1. The molecule has 0 unspecified atom stereocenters. The maximum atomic E-state index is 13.8. The van der Waals surface area contributed by atoms with E-state index in [1.54, 1.807) is 30.5 Å². The molecule has 0 amide bonds. The topological polar surface area (TPSA) is 113 Å². The fourth-order valence-corrected chi connectivity index (χ4v) is 6.35. The third-order valence-corrected chi connectivity index (χ3v) is 8.53. The Bertz CT molecular complexity index is 1890. The zero-order chi connectivity index (χ0) is 30.0. The van der Waals surface area contributed by atoms with Gasteiger partial charge >= 0.3 is 5.97 Å². The number of thiazole rings is 1. The Morgan fingerprint density at radius 3 is 2.48 bits per heavy atom. The minimum atomic E-state index is -0.654. The standard InChI is InChI=1S/C31H26IN3O6S/c1-4-40-30(37)27-19(3)33-31-34(28(27)22-10-5-18(2)6-11-22)29(36)26(42-31)16-21-9-14-25(24(32)15-21)41-17-20-7-12-23(13-8-20)35(38)39/h5-16,28H,4,17H2,1-3H3/b26-16+/t28-/m0/s1. The van der Waals surface area contributed by atoms with Gasteiger partial charge < -0.3 is 9.47 Å². The summed E-state index contributed by atoms with van der Waals surface area (Å²) in [4.78, 5) is 42.4. The van der Waals surface area contributed by atoms with Crippen LogP contribution in [0.3, 0.4) is 0 Å². The van der Waals surface area contributed by atoms with Crippen molar-refractivity contribution in [1.29, 1.82) is 0 Å². The van der Waals surface area contributed by atoms with Crippen LogP contribution in [0.2, 0.25) is 0 Å². The Kier molecular flexibility index (Phi) is 8.69. The second kappa shape index (κ2) is 12.4. The van der Waals surface area contributed by atoms with Gasteiger partial charge in [0.1, 0.15) is 12.4 Å². The van der Waals surface area contributed by atoms with Crippen LogP contribution >= 0.6 is 33.9 Å². The molecule has 0 fully saturated rings. The molecule has 0 saturated carbocycles. The van der Waals surface area contributed by atoms with E-state index in [2.05, 4.69) is 27.6 Å². The number of carbonyl (C=O) groups excluding carboxylic acids is 1. The molecule has 1 atom stereocenters. The van der Waals surface area contributed by atoms with E-state index in [0.717, 1.165) is 25.8 Å². The molecule has 1 aliphatic heterocycles. The van der Waals surface area contributed by atoms with Crippen molar-refractivity contribution in [3.63, 3.8) is 0 Å². The lowest BCUT2D eigenvalue weighted by atomic mass is 9.95. The third kappa shape index (κ3) is 6.07. The van der Waals surface area contributed by atoms with Crippen LogP contribution in [0, 0.1) is 20.6 Å². The highest BCUT2D eigenvalue weighted by Gasteiger charge is 2.33. The highest BCUT2D eigenvalue weighted by Crippen LogP contribution is 2.31. The van der Waals surface area contributed by atoms with Crippen LogP contribution < -0.4 is 19.6 Å². The smallest absolute Gasteiger partial charge is 0.338 e. The number of rotatable bonds is 8. The van der Waals surface area contributed by atoms with Gasteiger partial charge in [-0.1, -0.05) is 47.2 Å². The molecule has 4 aromatic rings. The molecule has 0 bridgehead atoms. The fourth-order valence-electron chi connectivity index (χ4n) is 4.61. The molecule has 42 heavy (non-hydrogen) atoms. The van der Waals surface area contributed by atoms with Gasteiger partial charge in [0.05, 0.1) is 36.9 Å². The summed E-state index contributed by atoms with van der Waals surface area (Å²) < 4.78 is 14.2. The Labute approximate surface area is 258 Å². The molecule has 1 aromatic heterocycles. The van der Waals surface area contributed by atoms with Crippen LogP contribution in [0.25, 0.3) is 6.08 Å². The lowest BCUT2D eigenvalue weighted by molar-refractivity contribution is -0.384. The molecule has 5 rings (SSSR count). The maximum Gasteiger partial charge on any atom is 0.338 e. The Morgan fingerprint density at radius 2 is 1.83 bits per heavy atom. The van der Waals surface area contributed by atoms with Gasteiger partial charge in [-0.3, -0.25) is 19.5 Å². The van der Waals surface area contributed by atoms with E-state index < -0.39 is 16.9 Å². The number of fused-ring (bicyclic) bond motifs is 1. The summed E-state index contributed by atoms with van der Waals surface area (Å²) in [6, 6.07) is 18.9. The van der Waals surface area contributed by atoms with E-state index in [1.807, 2.05) is 55.5 Å². The molecule has 214 valence electrons. The van der Waals surface area contributed by atoms with Gasteiger partial charge in [0.25, 0.3) is 11.2 Å². The Hall–Kier alpha value is -4.10. The van der Waals surface area contributed by atoms with E-state index in [1.165, 1.54) is 23.5 Å². The lowest BCUT2D eigenvalue weighted by Crippen LogP contribution is -2.39. The largest absolute Gasteiger partial charge is 0.488 e. The van der Waals surface area contributed by atoms with Crippen LogP contribution in [0.5, 0.6) is 5.75 Å². The molecular weight excluding hydrogens is 669 g/mol. The number of aromatic nitrogens is 1. The number of non-ortho nitro benzene ring substituents is 1. The predicted molar refractivity (Wildman–Crippen MR) is 168 cm³/mol. The van der Waals surface area contributed by atoms with Crippen LogP contribution in [-0.2, 0) is 16.1 Å². The summed E-state index contributed by atoms with van der Waals surface area (Å²) in [6.45, 7) is 5.97. The molecule has 1 aliphatic rings. The molecule has 0 spiro atoms. The van der Waals surface area contributed by atoms with E-state index >= 15 is 0 Å². The van der Waals surface area contributed by atoms with Gasteiger partial charge in [0.15, 0.2) is 4.80 Å². The minimum Gasteiger partial charge on any atom is -0.488 e. The Balaban J connectivity index is 1.47. The summed E-state index contributed by atoms with van der Waals surface area (Å²) >= 11 is 3.44. The normalized spacial score (nSPS) is 14.8. The predicted octanol–water partition coefficient (Wildman–Crippen LogP) is 5.20. The molecule has 0 saturated heterocycles. The van der Waals surface area contributed by atoms with E-state index in [4.69, 9.17) is 9.47 Å². The van der Waals surface area contributed by atoms with Crippen molar-refractivity contribution in [3.8, 4) is 5.75 Å². The van der Waals surface area contributed by atoms with Gasteiger partial charge in [0, 0.05) is 12.1 Å².